The molecular weight excluding hydrogens is 406 g/mol. The van der Waals surface area contributed by atoms with Crippen LogP contribution >= 0.6 is 11.9 Å². The van der Waals surface area contributed by atoms with Crippen molar-refractivity contribution in [2.24, 2.45) is 5.92 Å². The van der Waals surface area contributed by atoms with E-state index in [1.54, 1.807) is 6.07 Å². The summed E-state index contributed by atoms with van der Waals surface area (Å²) in [6.45, 7) is 7.26. The second kappa shape index (κ2) is 10.0. The second-order valence-corrected chi connectivity index (χ2v) is 8.95. The smallest absolute Gasteiger partial charge is 0.252 e. The number of nitrogens with one attached hydrogen (secondary N) is 4. The van der Waals surface area contributed by atoms with E-state index in [0.717, 1.165) is 46.9 Å². The first-order valence-electron chi connectivity index (χ1n) is 10.7. The zero-order valence-corrected chi connectivity index (χ0v) is 18.8. The molecule has 1 aromatic heterocycles. The summed E-state index contributed by atoms with van der Waals surface area (Å²) in [6.07, 6.45) is 2.52. The lowest BCUT2D eigenvalue weighted by molar-refractivity contribution is 0.393. The number of nitrogens with zero attached hydrogens (tertiary/aromatic N) is 1. The van der Waals surface area contributed by atoms with Gasteiger partial charge in [-0.25, -0.2) is 4.98 Å². The first kappa shape index (κ1) is 21.5. The molecule has 0 bridgehead atoms. The average molecular weight is 436 g/mol. The molecule has 7 heteroatoms. The fourth-order valence-corrected chi connectivity index (χ4v) is 4.63. The molecule has 0 spiro atoms. The van der Waals surface area contributed by atoms with Crippen LogP contribution in [-0.4, -0.2) is 29.6 Å². The first-order valence-corrected chi connectivity index (χ1v) is 11.6. The van der Waals surface area contributed by atoms with E-state index in [-0.39, 0.29) is 5.56 Å². The zero-order valence-electron chi connectivity index (χ0n) is 18.0. The molecule has 0 aliphatic carbocycles. The molecule has 31 heavy (non-hydrogen) atoms. The minimum atomic E-state index is -0.174. The van der Waals surface area contributed by atoms with E-state index in [4.69, 9.17) is 0 Å². The quantitative estimate of drug-likeness (QED) is 0.407. The van der Waals surface area contributed by atoms with Gasteiger partial charge in [-0.3, -0.25) is 14.5 Å². The summed E-state index contributed by atoms with van der Waals surface area (Å²) in [4.78, 5) is 20.7. The highest BCUT2D eigenvalue weighted by Crippen LogP contribution is 2.27. The average Bonchev–Trinajstić information content (AvgIpc) is 2.77. The molecular formula is C24H29N5OS. The molecule has 1 aliphatic heterocycles. The van der Waals surface area contributed by atoms with Gasteiger partial charge in [-0.15, -0.1) is 0 Å². The Hall–Kier alpha value is -2.77. The van der Waals surface area contributed by atoms with Crippen molar-refractivity contribution < 1.29 is 0 Å². The molecule has 1 atom stereocenters. The van der Waals surface area contributed by atoms with E-state index in [9.17, 15) is 4.79 Å². The van der Waals surface area contributed by atoms with Gasteiger partial charge < -0.3 is 10.6 Å². The number of aromatic nitrogens is 2. The highest BCUT2D eigenvalue weighted by atomic mass is 32.2. The van der Waals surface area contributed by atoms with Crippen LogP contribution in [0.5, 0.6) is 0 Å². The topological polar surface area (TPSA) is 81.8 Å². The Morgan fingerprint density at radius 3 is 2.71 bits per heavy atom. The van der Waals surface area contributed by atoms with E-state index in [2.05, 4.69) is 37.5 Å². The van der Waals surface area contributed by atoms with Gasteiger partial charge in [0.1, 0.15) is 0 Å². The Bertz CT molecular complexity index is 1070. The SMILES string of the molecule is Cc1cccc(C)c1-c1cc(=O)[nH]c(NSc2cccc(NCC3CCCNC3)c2)n1. The highest BCUT2D eigenvalue weighted by Gasteiger charge is 2.13. The molecule has 1 aliphatic rings. The minimum absolute atomic E-state index is 0.174. The molecule has 3 aromatic rings. The second-order valence-electron chi connectivity index (χ2n) is 8.07. The number of anilines is 2. The van der Waals surface area contributed by atoms with Gasteiger partial charge in [0.15, 0.2) is 0 Å². The Morgan fingerprint density at radius 2 is 1.94 bits per heavy atom. The lowest BCUT2D eigenvalue weighted by Gasteiger charge is -2.23. The van der Waals surface area contributed by atoms with Crippen molar-refractivity contribution in [3.8, 4) is 11.3 Å². The van der Waals surface area contributed by atoms with Crippen LogP contribution in [0.15, 0.2) is 58.2 Å². The number of hydrogen-bond acceptors (Lipinski definition) is 6. The fraction of sp³-hybridized carbons (Fsp3) is 0.333. The zero-order chi connectivity index (χ0) is 21.6. The molecule has 1 fully saturated rings. The predicted molar refractivity (Wildman–Crippen MR) is 130 cm³/mol. The van der Waals surface area contributed by atoms with Crippen LogP contribution in [0.3, 0.4) is 0 Å². The summed E-state index contributed by atoms with van der Waals surface area (Å²) in [5, 5.41) is 7.01. The number of piperidine rings is 1. The van der Waals surface area contributed by atoms with Gasteiger partial charge in [0.25, 0.3) is 5.56 Å². The summed E-state index contributed by atoms with van der Waals surface area (Å²) in [6, 6.07) is 15.9. The third-order valence-corrected chi connectivity index (χ3v) is 6.36. The number of aryl methyl sites for hydroxylation is 2. The third kappa shape index (κ3) is 5.68. The minimum Gasteiger partial charge on any atom is -0.385 e. The number of aromatic amines is 1. The molecule has 1 saturated heterocycles. The fourth-order valence-electron chi connectivity index (χ4n) is 3.99. The summed E-state index contributed by atoms with van der Waals surface area (Å²) < 4.78 is 3.20. The van der Waals surface area contributed by atoms with E-state index in [1.165, 1.54) is 24.8 Å². The van der Waals surface area contributed by atoms with Crippen molar-refractivity contribution in [1.29, 1.82) is 0 Å². The van der Waals surface area contributed by atoms with E-state index >= 15 is 0 Å². The molecule has 2 aromatic carbocycles. The van der Waals surface area contributed by atoms with Gasteiger partial charge in [0, 0.05) is 28.8 Å². The maximum absolute atomic E-state index is 12.2. The summed E-state index contributed by atoms with van der Waals surface area (Å²) in [5.41, 5.74) is 4.81. The number of hydrogen-bond donors (Lipinski definition) is 4. The van der Waals surface area contributed by atoms with Gasteiger partial charge in [0.05, 0.1) is 5.69 Å². The van der Waals surface area contributed by atoms with Crippen molar-refractivity contribution >= 4 is 23.6 Å². The van der Waals surface area contributed by atoms with Gasteiger partial charge in [-0.05, 0) is 87.0 Å². The van der Waals surface area contributed by atoms with Crippen LogP contribution in [0.2, 0.25) is 0 Å². The molecule has 0 radical (unpaired) electrons. The van der Waals surface area contributed by atoms with Crippen LogP contribution in [0.25, 0.3) is 11.3 Å². The Kier molecular flexibility index (Phi) is 6.94. The monoisotopic (exact) mass is 435 g/mol. The number of H-pyrrole nitrogens is 1. The Morgan fingerprint density at radius 1 is 1.13 bits per heavy atom. The van der Waals surface area contributed by atoms with E-state index < -0.39 is 0 Å². The lowest BCUT2D eigenvalue weighted by atomic mass is 10.00. The summed E-state index contributed by atoms with van der Waals surface area (Å²) in [7, 11) is 0. The molecule has 0 amide bonds. The maximum Gasteiger partial charge on any atom is 0.252 e. The van der Waals surface area contributed by atoms with Crippen LogP contribution in [0, 0.1) is 19.8 Å². The van der Waals surface area contributed by atoms with Crippen LogP contribution in [-0.2, 0) is 0 Å². The molecule has 4 N–H and O–H groups in total. The van der Waals surface area contributed by atoms with Crippen molar-refractivity contribution in [3.63, 3.8) is 0 Å². The lowest BCUT2D eigenvalue weighted by Crippen LogP contribution is -2.33. The van der Waals surface area contributed by atoms with Crippen LogP contribution in [0.4, 0.5) is 11.6 Å². The Labute approximate surface area is 187 Å². The number of benzene rings is 2. The van der Waals surface area contributed by atoms with E-state index in [1.807, 2.05) is 44.2 Å². The predicted octanol–water partition coefficient (Wildman–Crippen LogP) is 4.58. The van der Waals surface area contributed by atoms with Crippen molar-refractivity contribution in [1.82, 2.24) is 15.3 Å². The van der Waals surface area contributed by atoms with Crippen LogP contribution < -0.4 is 20.9 Å². The van der Waals surface area contributed by atoms with Crippen molar-refractivity contribution in [2.45, 2.75) is 31.6 Å². The van der Waals surface area contributed by atoms with Crippen molar-refractivity contribution in [2.75, 3.05) is 29.7 Å². The molecule has 162 valence electrons. The molecule has 2 heterocycles. The first-order chi connectivity index (χ1) is 15.1. The molecule has 0 saturated carbocycles. The largest absolute Gasteiger partial charge is 0.385 e. The molecule has 4 rings (SSSR count). The number of rotatable bonds is 7. The maximum atomic E-state index is 12.2. The standard InChI is InChI=1S/C24H29N5OS/c1-16-6-3-7-17(2)23(16)21-13-22(30)28-24(27-21)29-31-20-10-4-9-19(12-20)26-15-18-8-5-11-25-14-18/h3-4,6-7,9-10,12-13,18,25-26H,5,8,11,14-15H2,1-2H3,(H2,27,28,29,30). The van der Waals surface area contributed by atoms with E-state index in [0.29, 0.717) is 17.6 Å². The normalized spacial score (nSPS) is 16.1. The van der Waals surface area contributed by atoms with Crippen LogP contribution in [0.1, 0.15) is 24.0 Å². The molecule has 1 unspecified atom stereocenters. The van der Waals surface area contributed by atoms with Gasteiger partial charge in [-0.1, -0.05) is 24.3 Å². The third-order valence-electron chi connectivity index (χ3n) is 5.57. The summed E-state index contributed by atoms with van der Waals surface area (Å²) >= 11 is 1.44. The van der Waals surface area contributed by atoms with Gasteiger partial charge in [0.2, 0.25) is 5.95 Å². The highest BCUT2D eigenvalue weighted by molar-refractivity contribution is 8.00. The van der Waals surface area contributed by atoms with Gasteiger partial charge in [-0.2, -0.15) is 0 Å². The Balaban J connectivity index is 1.43. The molecule has 6 nitrogen and oxygen atoms in total. The van der Waals surface area contributed by atoms with Gasteiger partial charge >= 0.3 is 0 Å². The van der Waals surface area contributed by atoms with Crippen molar-refractivity contribution in [3.05, 3.63) is 70.0 Å². The summed E-state index contributed by atoms with van der Waals surface area (Å²) in [5.74, 6) is 1.12.